The summed E-state index contributed by atoms with van der Waals surface area (Å²) in [5.41, 5.74) is 1.18. The van der Waals surface area contributed by atoms with Gasteiger partial charge in [-0.1, -0.05) is 12.1 Å². The Bertz CT molecular complexity index is 802. The van der Waals surface area contributed by atoms with Gasteiger partial charge in [-0.25, -0.2) is 4.68 Å². The molecule has 96 valence electrons. The molecule has 19 heavy (non-hydrogen) atoms. The first-order valence-corrected chi connectivity index (χ1v) is 5.83. The number of fused-ring (bicyclic) bond motifs is 1. The third kappa shape index (κ3) is 1.95. The Hall–Kier alpha value is -2.69. The molecule has 0 spiro atoms. The Kier molecular flexibility index (Phi) is 2.52. The third-order valence-corrected chi connectivity index (χ3v) is 3.06. The van der Waals surface area contributed by atoms with Crippen LogP contribution in [0.4, 0.5) is 0 Å². The zero-order chi connectivity index (χ0) is 13.4. The Morgan fingerprint density at radius 3 is 2.63 bits per heavy atom. The summed E-state index contributed by atoms with van der Waals surface area (Å²) in [6.07, 6.45) is 0. The van der Waals surface area contributed by atoms with Gasteiger partial charge in [-0.15, -0.1) is 0 Å². The quantitative estimate of drug-likeness (QED) is 0.654. The molecule has 0 fully saturated rings. The van der Waals surface area contributed by atoms with Gasteiger partial charge in [0, 0.05) is 11.6 Å². The minimum absolute atomic E-state index is 0.00903. The van der Waals surface area contributed by atoms with E-state index in [-0.39, 0.29) is 23.6 Å². The van der Waals surface area contributed by atoms with Gasteiger partial charge in [0.05, 0.1) is 17.4 Å². The lowest BCUT2D eigenvalue weighted by atomic mass is 10.2. The number of para-hydroxylation sites is 1. The summed E-state index contributed by atoms with van der Waals surface area (Å²) in [5.74, 6) is -0.0456. The molecule has 0 saturated carbocycles. The summed E-state index contributed by atoms with van der Waals surface area (Å²) in [5, 5.41) is 22.6. The first kappa shape index (κ1) is 11.4. The number of nitrogens with zero attached hydrogens (tertiary/aromatic N) is 1. The van der Waals surface area contributed by atoms with Gasteiger partial charge in [-0.05, 0) is 24.3 Å². The minimum atomic E-state index is -0.136. The van der Waals surface area contributed by atoms with Crippen LogP contribution in [0.25, 0.3) is 10.9 Å². The smallest absolute Gasteiger partial charge is 0.274 e. The van der Waals surface area contributed by atoms with Crippen LogP contribution < -0.4 is 5.56 Å². The Balaban J connectivity index is 2.06. The fourth-order valence-electron chi connectivity index (χ4n) is 2.08. The van der Waals surface area contributed by atoms with Crippen molar-refractivity contribution >= 4 is 10.9 Å². The molecular weight excluding hydrogens is 244 g/mol. The number of phenols is 2. The molecule has 0 aliphatic rings. The van der Waals surface area contributed by atoms with Crippen molar-refractivity contribution in [2.45, 2.75) is 6.54 Å². The third-order valence-electron chi connectivity index (χ3n) is 3.06. The number of aromatic nitrogens is 2. The molecule has 3 aromatic rings. The van der Waals surface area contributed by atoms with E-state index in [2.05, 4.69) is 5.10 Å². The van der Waals surface area contributed by atoms with Crippen molar-refractivity contribution in [1.29, 1.82) is 0 Å². The number of benzene rings is 2. The van der Waals surface area contributed by atoms with Gasteiger partial charge in [-0.2, -0.15) is 0 Å². The molecule has 0 amide bonds. The number of hydrogen-bond donors (Lipinski definition) is 3. The predicted molar refractivity (Wildman–Crippen MR) is 71.4 cm³/mol. The van der Waals surface area contributed by atoms with Crippen molar-refractivity contribution in [2.24, 2.45) is 0 Å². The van der Waals surface area contributed by atoms with E-state index < -0.39 is 0 Å². The van der Waals surface area contributed by atoms with Crippen molar-refractivity contribution in [1.82, 2.24) is 9.78 Å². The fraction of sp³-hybridized carbons (Fsp3) is 0.0714. The lowest BCUT2D eigenvalue weighted by Gasteiger charge is -2.05. The molecular formula is C14H12N2O3. The Labute approximate surface area is 108 Å². The van der Waals surface area contributed by atoms with E-state index in [9.17, 15) is 15.0 Å². The van der Waals surface area contributed by atoms with Gasteiger partial charge in [-0.3, -0.25) is 9.89 Å². The topological polar surface area (TPSA) is 78.2 Å². The molecule has 0 unspecified atom stereocenters. The van der Waals surface area contributed by atoms with Crippen molar-refractivity contribution in [3.05, 3.63) is 58.4 Å². The molecule has 1 aromatic heterocycles. The summed E-state index contributed by atoms with van der Waals surface area (Å²) in [7, 11) is 0. The standard InChI is InChI=1S/C14H12N2O3/c17-10-6-5-9(13(18)7-10)8-16-14(19)11-3-1-2-4-12(11)15-16/h1-7,15,17-18H,8H2. The minimum Gasteiger partial charge on any atom is -0.508 e. The fourth-order valence-corrected chi connectivity index (χ4v) is 2.08. The maximum absolute atomic E-state index is 12.1. The molecule has 0 saturated heterocycles. The highest BCUT2D eigenvalue weighted by Crippen LogP contribution is 2.23. The molecule has 0 atom stereocenters. The summed E-state index contributed by atoms with van der Waals surface area (Å²) in [6, 6.07) is 11.5. The van der Waals surface area contributed by atoms with Gasteiger partial charge in [0.1, 0.15) is 11.5 Å². The second-order valence-corrected chi connectivity index (χ2v) is 4.36. The zero-order valence-electron chi connectivity index (χ0n) is 10.00. The van der Waals surface area contributed by atoms with Crippen LogP contribution in [0.1, 0.15) is 5.56 Å². The van der Waals surface area contributed by atoms with Crippen molar-refractivity contribution in [3.8, 4) is 11.5 Å². The van der Waals surface area contributed by atoms with E-state index in [4.69, 9.17) is 0 Å². The number of nitrogens with one attached hydrogen (secondary N) is 1. The Morgan fingerprint density at radius 1 is 1.11 bits per heavy atom. The normalized spacial score (nSPS) is 10.9. The highest BCUT2D eigenvalue weighted by atomic mass is 16.3. The van der Waals surface area contributed by atoms with Crippen LogP contribution in [0.15, 0.2) is 47.3 Å². The van der Waals surface area contributed by atoms with Crippen LogP contribution in [0.5, 0.6) is 11.5 Å². The average molecular weight is 256 g/mol. The van der Waals surface area contributed by atoms with Crippen LogP contribution in [0.2, 0.25) is 0 Å². The summed E-state index contributed by atoms with van der Waals surface area (Å²) >= 11 is 0. The summed E-state index contributed by atoms with van der Waals surface area (Å²) in [4.78, 5) is 12.1. The maximum Gasteiger partial charge on any atom is 0.274 e. The second kappa shape index (κ2) is 4.20. The average Bonchev–Trinajstić information content (AvgIpc) is 2.70. The number of H-pyrrole nitrogens is 1. The Morgan fingerprint density at radius 2 is 1.89 bits per heavy atom. The summed E-state index contributed by atoms with van der Waals surface area (Å²) in [6.45, 7) is 0.222. The SMILES string of the molecule is O=c1c2ccccc2[nH]n1Cc1ccc(O)cc1O. The number of hydrogen-bond acceptors (Lipinski definition) is 3. The maximum atomic E-state index is 12.1. The van der Waals surface area contributed by atoms with Crippen molar-refractivity contribution in [2.75, 3.05) is 0 Å². The molecule has 3 rings (SSSR count). The number of aromatic amines is 1. The molecule has 5 heteroatoms. The molecule has 2 aromatic carbocycles. The highest BCUT2D eigenvalue weighted by Gasteiger charge is 2.08. The van der Waals surface area contributed by atoms with Gasteiger partial charge < -0.3 is 10.2 Å². The van der Waals surface area contributed by atoms with E-state index in [1.807, 2.05) is 12.1 Å². The van der Waals surface area contributed by atoms with Crippen LogP contribution in [0.3, 0.4) is 0 Å². The highest BCUT2D eigenvalue weighted by molar-refractivity contribution is 5.77. The van der Waals surface area contributed by atoms with Crippen LogP contribution in [-0.4, -0.2) is 20.0 Å². The molecule has 5 nitrogen and oxygen atoms in total. The van der Waals surface area contributed by atoms with E-state index in [1.165, 1.54) is 16.8 Å². The van der Waals surface area contributed by atoms with Crippen molar-refractivity contribution in [3.63, 3.8) is 0 Å². The molecule has 0 aliphatic carbocycles. The van der Waals surface area contributed by atoms with E-state index in [1.54, 1.807) is 18.2 Å². The monoisotopic (exact) mass is 256 g/mol. The van der Waals surface area contributed by atoms with Crippen LogP contribution in [-0.2, 0) is 6.54 Å². The second-order valence-electron chi connectivity index (χ2n) is 4.36. The van der Waals surface area contributed by atoms with Crippen LogP contribution in [0, 0.1) is 0 Å². The largest absolute Gasteiger partial charge is 0.508 e. The number of rotatable bonds is 2. The number of phenolic OH excluding ortho intramolecular Hbond substituents is 2. The molecule has 1 heterocycles. The first-order chi connectivity index (χ1) is 9.15. The van der Waals surface area contributed by atoms with Crippen molar-refractivity contribution < 1.29 is 10.2 Å². The molecule has 0 bridgehead atoms. The molecule has 0 radical (unpaired) electrons. The zero-order valence-corrected chi connectivity index (χ0v) is 10.00. The predicted octanol–water partition coefficient (Wildman–Crippen LogP) is 1.79. The lowest BCUT2D eigenvalue weighted by molar-refractivity contribution is 0.443. The van der Waals surface area contributed by atoms with E-state index in [0.717, 1.165) is 5.52 Å². The van der Waals surface area contributed by atoms with Gasteiger partial charge in [0.25, 0.3) is 5.56 Å². The molecule has 0 aliphatic heterocycles. The van der Waals surface area contributed by atoms with E-state index in [0.29, 0.717) is 10.9 Å². The van der Waals surface area contributed by atoms with Gasteiger partial charge >= 0.3 is 0 Å². The lowest BCUT2D eigenvalue weighted by Crippen LogP contribution is -2.17. The van der Waals surface area contributed by atoms with E-state index >= 15 is 0 Å². The summed E-state index contributed by atoms with van der Waals surface area (Å²) < 4.78 is 1.43. The van der Waals surface area contributed by atoms with Gasteiger partial charge in [0.15, 0.2) is 0 Å². The molecule has 3 N–H and O–H groups in total. The van der Waals surface area contributed by atoms with Gasteiger partial charge in [0.2, 0.25) is 0 Å². The van der Waals surface area contributed by atoms with Crippen LogP contribution >= 0.6 is 0 Å². The first-order valence-electron chi connectivity index (χ1n) is 5.83. The number of aromatic hydroxyl groups is 2.